The van der Waals surface area contributed by atoms with Crippen molar-refractivity contribution >= 4 is 57.0 Å². The van der Waals surface area contributed by atoms with Crippen molar-refractivity contribution in [2.75, 3.05) is 49.4 Å². The fraction of sp³-hybridized carbons (Fsp3) is 0.346. The van der Waals surface area contributed by atoms with Gasteiger partial charge in [-0.1, -0.05) is 17.7 Å². The van der Waals surface area contributed by atoms with Crippen LogP contribution in [0, 0.1) is 11.7 Å². The molecule has 0 aliphatic carbocycles. The van der Waals surface area contributed by atoms with Crippen LogP contribution in [0.2, 0.25) is 5.02 Å². The lowest BCUT2D eigenvalue weighted by Gasteiger charge is -2.20. The number of carbonyl (C=O) groups is 1. The van der Waals surface area contributed by atoms with E-state index in [1.54, 1.807) is 25.3 Å². The third kappa shape index (κ3) is 6.23. The summed E-state index contributed by atoms with van der Waals surface area (Å²) in [6, 6.07) is 7.49. The summed E-state index contributed by atoms with van der Waals surface area (Å²) in [6.45, 7) is 4.92. The van der Waals surface area contributed by atoms with E-state index in [4.69, 9.17) is 16.3 Å². The Labute approximate surface area is 226 Å². The SMILES string of the molecule is C=Nc1cc(OC)c(NC(=O)/C=C/CN2CCC3CS(=O)(=O)CC32)cc1C(=NC)Nc1ccc(F)c(Cl)c1. The van der Waals surface area contributed by atoms with Gasteiger partial charge in [0, 0.05) is 43.0 Å². The standard InChI is InChI=1S/C26H29ClFN5O4S/c1-29-21-13-24(37-3)22(12-18(21)26(30-2)31-17-6-7-20(28)19(27)11-17)32-25(34)5-4-9-33-10-8-16-14-38(35,36)15-23(16)33/h4-7,11-13,16,23H,1,8-10,14-15H2,2-3H3,(H,30,31)(H,32,34)/b5-4+. The van der Waals surface area contributed by atoms with Crippen molar-refractivity contribution in [3.63, 3.8) is 0 Å². The molecule has 12 heteroatoms. The summed E-state index contributed by atoms with van der Waals surface area (Å²) in [7, 11) is 0.0655. The molecule has 2 heterocycles. The molecule has 4 rings (SSSR count). The predicted molar refractivity (Wildman–Crippen MR) is 150 cm³/mol. The number of ether oxygens (including phenoxy) is 1. The van der Waals surface area contributed by atoms with Gasteiger partial charge in [-0.15, -0.1) is 0 Å². The fourth-order valence-corrected chi connectivity index (χ4v) is 7.25. The fourth-order valence-electron chi connectivity index (χ4n) is 4.88. The quantitative estimate of drug-likeness (QED) is 0.287. The molecule has 2 aliphatic rings. The number of nitrogens with one attached hydrogen (secondary N) is 2. The highest BCUT2D eigenvalue weighted by atomic mass is 35.5. The molecule has 202 valence electrons. The molecule has 0 bridgehead atoms. The van der Waals surface area contributed by atoms with E-state index in [0.717, 1.165) is 13.0 Å². The summed E-state index contributed by atoms with van der Waals surface area (Å²) in [5, 5.41) is 5.87. The Balaban J connectivity index is 1.49. The Kier molecular flexibility index (Phi) is 8.49. The second-order valence-corrected chi connectivity index (χ2v) is 11.7. The molecule has 2 unspecified atom stereocenters. The highest BCUT2D eigenvalue weighted by Gasteiger charge is 2.44. The molecule has 2 aromatic rings. The number of methoxy groups -OCH3 is 1. The minimum Gasteiger partial charge on any atom is -0.494 e. The molecule has 0 saturated carbocycles. The Morgan fingerprint density at radius 3 is 2.76 bits per heavy atom. The number of aliphatic imine (C=N–C) groups is 2. The summed E-state index contributed by atoms with van der Waals surface area (Å²) >= 11 is 5.91. The second-order valence-electron chi connectivity index (χ2n) is 9.13. The van der Waals surface area contributed by atoms with Crippen LogP contribution in [0.4, 0.5) is 21.5 Å². The predicted octanol–water partition coefficient (Wildman–Crippen LogP) is 3.92. The van der Waals surface area contributed by atoms with E-state index in [2.05, 4.69) is 32.2 Å². The molecule has 9 nitrogen and oxygen atoms in total. The van der Waals surface area contributed by atoms with Crippen LogP contribution in [0.3, 0.4) is 0 Å². The van der Waals surface area contributed by atoms with Crippen LogP contribution in [-0.4, -0.2) is 76.6 Å². The highest BCUT2D eigenvalue weighted by molar-refractivity contribution is 7.91. The van der Waals surface area contributed by atoms with Crippen molar-refractivity contribution in [2.24, 2.45) is 15.9 Å². The van der Waals surface area contributed by atoms with Crippen LogP contribution in [0.25, 0.3) is 0 Å². The van der Waals surface area contributed by atoms with Gasteiger partial charge in [-0.25, -0.2) is 12.8 Å². The van der Waals surface area contributed by atoms with Crippen molar-refractivity contribution in [3.8, 4) is 5.75 Å². The molecule has 2 aliphatic heterocycles. The van der Waals surface area contributed by atoms with E-state index in [9.17, 15) is 17.6 Å². The van der Waals surface area contributed by atoms with Gasteiger partial charge in [-0.2, -0.15) is 0 Å². The van der Waals surface area contributed by atoms with Gasteiger partial charge >= 0.3 is 0 Å². The molecule has 1 amide bonds. The van der Waals surface area contributed by atoms with Gasteiger partial charge in [0.2, 0.25) is 5.91 Å². The third-order valence-corrected chi connectivity index (χ3v) is 8.78. The number of rotatable bonds is 8. The van der Waals surface area contributed by atoms with E-state index < -0.39 is 15.7 Å². The molecule has 0 aromatic heterocycles. The Bertz CT molecular complexity index is 1410. The van der Waals surface area contributed by atoms with Crippen molar-refractivity contribution in [2.45, 2.75) is 12.5 Å². The zero-order chi connectivity index (χ0) is 27.4. The lowest BCUT2D eigenvalue weighted by Crippen LogP contribution is -2.33. The maximum absolute atomic E-state index is 13.6. The van der Waals surface area contributed by atoms with Gasteiger partial charge in [0.15, 0.2) is 9.84 Å². The van der Waals surface area contributed by atoms with Gasteiger partial charge in [-0.05, 0) is 49.9 Å². The largest absolute Gasteiger partial charge is 0.494 e. The molecule has 2 N–H and O–H groups in total. The molecule has 38 heavy (non-hydrogen) atoms. The number of amidine groups is 1. The Morgan fingerprint density at radius 2 is 2.08 bits per heavy atom. The van der Waals surface area contributed by atoms with Gasteiger partial charge in [0.25, 0.3) is 0 Å². The smallest absolute Gasteiger partial charge is 0.248 e. The van der Waals surface area contributed by atoms with Crippen molar-refractivity contribution in [1.82, 2.24) is 4.90 Å². The third-order valence-electron chi connectivity index (χ3n) is 6.71. The number of fused-ring (bicyclic) bond motifs is 1. The number of carbonyl (C=O) groups excluding carboxylic acids is 1. The number of anilines is 2. The van der Waals surface area contributed by atoms with E-state index in [1.165, 1.54) is 31.4 Å². The zero-order valence-electron chi connectivity index (χ0n) is 21.1. The summed E-state index contributed by atoms with van der Waals surface area (Å²) in [4.78, 5) is 23.2. The maximum atomic E-state index is 13.6. The van der Waals surface area contributed by atoms with Crippen molar-refractivity contribution in [3.05, 3.63) is 58.9 Å². The summed E-state index contributed by atoms with van der Waals surface area (Å²) in [5.74, 6) is 0.451. The van der Waals surface area contributed by atoms with Crippen LogP contribution in [0.15, 0.2) is 52.5 Å². The number of sulfone groups is 1. The lowest BCUT2D eigenvalue weighted by molar-refractivity contribution is -0.111. The first kappa shape index (κ1) is 27.7. The molecule has 2 saturated heterocycles. The normalized spacial score (nSPS) is 20.9. The van der Waals surface area contributed by atoms with Crippen LogP contribution in [0.1, 0.15) is 12.0 Å². The monoisotopic (exact) mass is 561 g/mol. The van der Waals surface area contributed by atoms with E-state index in [0.29, 0.717) is 40.8 Å². The first-order valence-corrected chi connectivity index (χ1v) is 14.1. The topological polar surface area (TPSA) is 112 Å². The molecule has 2 fully saturated rings. The number of benzene rings is 2. The zero-order valence-corrected chi connectivity index (χ0v) is 22.7. The molecular formula is C26H29ClFN5O4S. The van der Waals surface area contributed by atoms with E-state index in [1.807, 2.05) is 0 Å². The van der Waals surface area contributed by atoms with Gasteiger partial charge < -0.3 is 15.4 Å². The molecule has 2 aromatic carbocycles. The van der Waals surface area contributed by atoms with Gasteiger partial charge in [-0.3, -0.25) is 19.7 Å². The first-order chi connectivity index (χ1) is 18.1. The van der Waals surface area contributed by atoms with Crippen molar-refractivity contribution < 1.29 is 22.3 Å². The van der Waals surface area contributed by atoms with Gasteiger partial charge in [0.1, 0.15) is 17.4 Å². The maximum Gasteiger partial charge on any atom is 0.248 e. The average Bonchev–Trinajstić information content (AvgIpc) is 3.39. The number of likely N-dealkylation sites (tertiary alicyclic amines) is 1. The van der Waals surface area contributed by atoms with E-state index >= 15 is 0 Å². The first-order valence-electron chi connectivity index (χ1n) is 11.9. The molecule has 2 atom stereocenters. The summed E-state index contributed by atoms with van der Waals surface area (Å²) in [5.41, 5.74) is 1.86. The Morgan fingerprint density at radius 1 is 1.29 bits per heavy atom. The molecule has 0 radical (unpaired) electrons. The number of amides is 1. The summed E-state index contributed by atoms with van der Waals surface area (Å²) < 4.78 is 42.9. The highest BCUT2D eigenvalue weighted by Crippen LogP contribution is 2.35. The van der Waals surface area contributed by atoms with Crippen LogP contribution in [0.5, 0.6) is 5.75 Å². The second kappa shape index (κ2) is 11.6. The summed E-state index contributed by atoms with van der Waals surface area (Å²) in [6.07, 6.45) is 4.00. The Hall–Kier alpha value is -3.28. The van der Waals surface area contributed by atoms with Crippen LogP contribution in [-0.2, 0) is 14.6 Å². The number of hydrogen-bond donors (Lipinski definition) is 2. The minimum atomic E-state index is -2.98. The molecular weight excluding hydrogens is 533 g/mol. The molecule has 0 spiro atoms. The number of nitrogens with zero attached hydrogens (tertiary/aromatic N) is 3. The van der Waals surface area contributed by atoms with Crippen LogP contribution >= 0.6 is 11.6 Å². The number of halogens is 2. The van der Waals surface area contributed by atoms with Gasteiger partial charge in [0.05, 0.1) is 35.0 Å². The van der Waals surface area contributed by atoms with Crippen molar-refractivity contribution in [1.29, 1.82) is 0 Å². The lowest BCUT2D eigenvalue weighted by atomic mass is 10.1. The van der Waals surface area contributed by atoms with Crippen LogP contribution < -0.4 is 15.4 Å². The average molecular weight is 562 g/mol. The van der Waals surface area contributed by atoms with E-state index in [-0.39, 0.29) is 34.4 Å². The minimum absolute atomic E-state index is 0.0181. The number of hydrogen-bond acceptors (Lipinski definition) is 7.